The second-order valence-corrected chi connectivity index (χ2v) is 5.27. The lowest BCUT2D eigenvalue weighted by Gasteiger charge is -2.10. The Bertz CT molecular complexity index is 525. The molecule has 1 aromatic carbocycles. The molecule has 0 fully saturated rings. The van der Waals surface area contributed by atoms with Crippen LogP contribution in [-0.4, -0.2) is 9.97 Å². The Kier molecular flexibility index (Phi) is 4.05. The van der Waals surface area contributed by atoms with E-state index < -0.39 is 0 Å². The third-order valence-electron chi connectivity index (χ3n) is 3.98. The molecule has 0 spiro atoms. The summed E-state index contributed by atoms with van der Waals surface area (Å²) in [6, 6.07) is 4.33. The fourth-order valence-electron chi connectivity index (χ4n) is 2.51. The van der Waals surface area contributed by atoms with Gasteiger partial charge >= 0.3 is 0 Å². The maximum absolute atomic E-state index is 4.84. The molecule has 0 radical (unpaired) electrons. The zero-order valence-corrected chi connectivity index (χ0v) is 12.0. The molecule has 98 valence electrons. The van der Waals surface area contributed by atoms with Gasteiger partial charge in [-0.1, -0.05) is 32.8 Å². The predicted molar refractivity (Wildman–Crippen MR) is 78.1 cm³/mol. The highest BCUT2D eigenvalue weighted by atomic mass is 14.9. The van der Waals surface area contributed by atoms with Gasteiger partial charge in [-0.25, -0.2) is 4.98 Å². The fraction of sp³-hybridized carbons (Fsp3) is 0.562. The van der Waals surface area contributed by atoms with Crippen molar-refractivity contribution in [3.05, 3.63) is 29.1 Å². The molecule has 1 heterocycles. The van der Waals surface area contributed by atoms with Crippen LogP contribution in [-0.2, 0) is 0 Å². The molecule has 2 nitrogen and oxygen atoms in total. The molecule has 1 N–H and O–H groups in total. The van der Waals surface area contributed by atoms with Crippen LogP contribution in [0.5, 0.6) is 0 Å². The lowest BCUT2D eigenvalue weighted by molar-refractivity contribution is 0.549. The fourth-order valence-corrected chi connectivity index (χ4v) is 2.51. The number of nitrogens with zero attached hydrogens (tertiary/aromatic N) is 1. The third-order valence-corrected chi connectivity index (χ3v) is 3.98. The van der Waals surface area contributed by atoms with E-state index in [1.165, 1.54) is 41.7 Å². The zero-order valence-electron chi connectivity index (χ0n) is 12.0. The van der Waals surface area contributed by atoms with E-state index in [1.807, 2.05) is 0 Å². The largest absolute Gasteiger partial charge is 0.342 e. The van der Waals surface area contributed by atoms with Crippen molar-refractivity contribution in [3.8, 4) is 0 Å². The number of aromatic nitrogens is 2. The Balaban J connectivity index is 2.36. The summed E-state index contributed by atoms with van der Waals surface area (Å²) in [5.41, 5.74) is 4.96. The second kappa shape index (κ2) is 5.55. The smallest absolute Gasteiger partial charge is 0.110 e. The van der Waals surface area contributed by atoms with Crippen molar-refractivity contribution in [1.82, 2.24) is 9.97 Å². The Morgan fingerprint density at radius 3 is 2.67 bits per heavy atom. The molecule has 2 heteroatoms. The molecule has 0 amide bonds. The number of fused-ring (bicyclic) bond motifs is 1. The highest BCUT2D eigenvalue weighted by Gasteiger charge is 2.14. The number of rotatable bonds is 5. The van der Waals surface area contributed by atoms with Crippen molar-refractivity contribution in [1.29, 1.82) is 0 Å². The van der Waals surface area contributed by atoms with E-state index in [2.05, 4.69) is 44.8 Å². The number of aryl methyl sites for hydroxylation is 2. The standard InChI is InChI=1S/C16H24N2/c1-5-7-8-13(6-2)16-17-14-10-9-11(3)12(4)15(14)18-16/h9-10,13H,5-8H2,1-4H3,(H,17,18). The van der Waals surface area contributed by atoms with Gasteiger partial charge in [0.2, 0.25) is 0 Å². The van der Waals surface area contributed by atoms with Crippen molar-refractivity contribution >= 4 is 11.0 Å². The monoisotopic (exact) mass is 244 g/mol. The minimum Gasteiger partial charge on any atom is -0.342 e. The summed E-state index contributed by atoms with van der Waals surface area (Å²) in [6.45, 7) is 8.82. The lowest BCUT2D eigenvalue weighted by Crippen LogP contribution is -1.99. The van der Waals surface area contributed by atoms with Crippen molar-refractivity contribution in [2.24, 2.45) is 0 Å². The minimum absolute atomic E-state index is 0.581. The molecule has 0 aliphatic rings. The van der Waals surface area contributed by atoms with Gasteiger partial charge in [0.1, 0.15) is 5.82 Å². The highest BCUT2D eigenvalue weighted by Crippen LogP contribution is 2.27. The average molecular weight is 244 g/mol. The molecule has 1 atom stereocenters. The summed E-state index contributed by atoms with van der Waals surface area (Å²) in [6.07, 6.45) is 4.95. The molecule has 18 heavy (non-hydrogen) atoms. The topological polar surface area (TPSA) is 28.7 Å². The van der Waals surface area contributed by atoms with E-state index in [0.29, 0.717) is 5.92 Å². The average Bonchev–Trinajstić information content (AvgIpc) is 2.80. The number of hydrogen-bond acceptors (Lipinski definition) is 1. The van der Waals surface area contributed by atoms with Crippen molar-refractivity contribution < 1.29 is 0 Å². The Morgan fingerprint density at radius 1 is 1.22 bits per heavy atom. The van der Waals surface area contributed by atoms with Gasteiger partial charge < -0.3 is 4.98 Å². The van der Waals surface area contributed by atoms with E-state index >= 15 is 0 Å². The van der Waals surface area contributed by atoms with Gasteiger partial charge in [0.25, 0.3) is 0 Å². The normalized spacial score (nSPS) is 13.1. The first kappa shape index (κ1) is 13.1. The summed E-state index contributed by atoms with van der Waals surface area (Å²) >= 11 is 0. The van der Waals surface area contributed by atoms with E-state index in [1.54, 1.807) is 0 Å². The number of imidazole rings is 1. The van der Waals surface area contributed by atoms with E-state index in [-0.39, 0.29) is 0 Å². The van der Waals surface area contributed by atoms with Gasteiger partial charge in [0.05, 0.1) is 11.0 Å². The zero-order chi connectivity index (χ0) is 13.1. The van der Waals surface area contributed by atoms with Gasteiger partial charge in [0, 0.05) is 5.92 Å². The molecule has 1 aromatic heterocycles. The summed E-state index contributed by atoms with van der Waals surface area (Å²) in [5.74, 6) is 1.76. The summed E-state index contributed by atoms with van der Waals surface area (Å²) in [4.78, 5) is 8.35. The maximum atomic E-state index is 4.84. The van der Waals surface area contributed by atoms with Crippen LogP contribution in [0.15, 0.2) is 12.1 Å². The molecule has 2 rings (SSSR count). The number of H-pyrrole nitrogens is 1. The SMILES string of the molecule is CCCCC(CC)c1nc2c(C)c(C)ccc2[nH]1. The molecule has 0 saturated heterocycles. The summed E-state index contributed by atoms with van der Waals surface area (Å²) in [7, 11) is 0. The molecule has 1 unspecified atom stereocenters. The van der Waals surface area contributed by atoms with Crippen LogP contribution >= 0.6 is 0 Å². The molecule has 0 aliphatic heterocycles. The number of hydrogen-bond donors (Lipinski definition) is 1. The first-order valence-electron chi connectivity index (χ1n) is 7.13. The lowest BCUT2D eigenvalue weighted by atomic mass is 9.99. The number of unbranched alkanes of at least 4 members (excludes halogenated alkanes) is 1. The quantitative estimate of drug-likeness (QED) is 0.799. The van der Waals surface area contributed by atoms with Crippen LogP contribution in [0.25, 0.3) is 11.0 Å². The van der Waals surface area contributed by atoms with Crippen LogP contribution in [0.2, 0.25) is 0 Å². The van der Waals surface area contributed by atoms with E-state index in [4.69, 9.17) is 4.98 Å². The summed E-state index contributed by atoms with van der Waals surface area (Å²) in [5, 5.41) is 0. The molecule has 0 bridgehead atoms. The van der Waals surface area contributed by atoms with Crippen LogP contribution in [0, 0.1) is 13.8 Å². The van der Waals surface area contributed by atoms with Crippen molar-refractivity contribution in [2.45, 2.75) is 59.3 Å². The first-order chi connectivity index (χ1) is 8.67. The Morgan fingerprint density at radius 2 is 2.00 bits per heavy atom. The summed E-state index contributed by atoms with van der Waals surface area (Å²) < 4.78 is 0. The van der Waals surface area contributed by atoms with Crippen LogP contribution in [0.4, 0.5) is 0 Å². The minimum atomic E-state index is 0.581. The number of nitrogens with one attached hydrogen (secondary N) is 1. The second-order valence-electron chi connectivity index (χ2n) is 5.27. The predicted octanol–water partition coefficient (Wildman–Crippen LogP) is 4.86. The Labute approximate surface area is 110 Å². The maximum Gasteiger partial charge on any atom is 0.110 e. The van der Waals surface area contributed by atoms with Crippen LogP contribution < -0.4 is 0 Å². The third kappa shape index (κ3) is 2.43. The number of benzene rings is 1. The van der Waals surface area contributed by atoms with Crippen molar-refractivity contribution in [2.75, 3.05) is 0 Å². The van der Waals surface area contributed by atoms with E-state index in [0.717, 1.165) is 11.9 Å². The molecule has 2 aromatic rings. The van der Waals surface area contributed by atoms with Crippen LogP contribution in [0.3, 0.4) is 0 Å². The molecular weight excluding hydrogens is 220 g/mol. The molecular formula is C16H24N2. The van der Waals surface area contributed by atoms with Crippen LogP contribution in [0.1, 0.15) is 62.4 Å². The van der Waals surface area contributed by atoms with Gasteiger partial charge in [-0.3, -0.25) is 0 Å². The van der Waals surface area contributed by atoms with Gasteiger partial charge in [-0.15, -0.1) is 0 Å². The highest BCUT2D eigenvalue weighted by molar-refractivity contribution is 5.79. The van der Waals surface area contributed by atoms with Crippen molar-refractivity contribution in [3.63, 3.8) is 0 Å². The van der Waals surface area contributed by atoms with Gasteiger partial charge in [0.15, 0.2) is 0 Å². The Hall–Kier alpha value is -1.31. The first-order valence-corrected chi connectivity index (χ1v) is 7.13. The van der Waals surface area contributed by atoms with Gasteiger partial charge in [-0.2, -0.15) is 0 Å². The number of aromatic amines is 1. The van der Waals surface area contributed by atoms with Gasteiger partial charge in [-0.05, 0) is 43.9 Å². The molecule has 0 saturated carbocycles. The van der Waals surface area contributed by atoms with E-state index in [9.17, 15) is 0 Å². The molecule has 0 aliphatic carbocycles.